The zero-order chi connectivity index (χ0) is 17.6. The van der Waals surface area contributed by atoms with Crippen molar-refractivity contribution < 1.29 is 14.3 Å². The zero-order valence-electron chi connectivity index (χ0n) is 12.8. The van der Waals surface area contributed by atoms with Gasteiger partial charge in [0, 0.05) is 0 Å². The van der Waals surface area contributed by atoms with Crippen LogP contribution in [0.2, 0.25) is 5.02 Å². The largest absolute Gasteiger partial charge is 0.452 e. The number of carbonyl (C=O) groups excluding carboxylic acids is 2. The van der Waals surface area contributed by atoms with Gasteiger partial charge in [-0.05, 0) is 40.8 Å². The van der Waals surface area contributed by atoms with E-state index in [2.05, 4.69) is 20.8 Å². The van der Waals surface area contributed by atoms with Crippen LogP contribution in [0, 0.1) is 0 Å². The van der Waals surface area contributed by atoms with Crippen LogP contribution in [-0.4, -0.2) is 38.7 Å². The smallest absolute Gasteiger partial charge is 0.338 e. The molecule has 126 valence electrons. The number of rotatable bonds is 5. The van der Waals surface area contributed by atoms with Crippen molar-refractivity contribution in [3.63, 3.8) is 0 Å². The van der Waals surface area contributed by atoms with Gasteiger partial charge in [-0.25, -0.2) is 9.48 Å². The molecular weight excluding hydrogens is 346 g/mol. The fourth-order valence-electron chi connectivity index (χ4n) is 2.02. The van der Waals surface area contributed by atoms with Crippen molar-refractivity contribution in [2.24, 2.45) is 0 Å². The fraction of sp³-hybridized carbons (Fsp3) is 0.0625. The van der Waals surface area contributed by atoms with Gasteiger partial charge < -0.3 is 10.1 Å². The molecule has 0 spiro atoms. The van der Waals surface area contributed by atoms with Gasteiger partial charge in [0.1, 0.15) is 6.33 Å². The fourth-order valence-corrected chi connectivity index (χ4v) is 2.20. The van der Waals surface area contributed by atoms with Gasteiger partial charge in [-0.2, -0.15) is 0 Å². The minimum atomic E-state index is -0.635. The number of carbonyl (C=O) groups is 2. The Morgan fingerprint density at radius 3 is 2.76 bits per heavy atom. The van der Waals surface area contributed by atoms with Crippen molar-refractivity contribution in [1.29, 1.82) is 0 Å². The van der Waals surface area contributed by atoms with E-state index >= 15 is 0 Å². The van der Waals surface area contributed by atoms with E-state index in [4.69, 9.17) is 16.3 Å². The number of nitrogens with one attached hydrogen (secondary N) is 1. The van der Waals surface area contributed by atoms with Crippen molar-refractivity contribution >= 4 is 29.2 Å². The first-order chi connectivity index (χ1) is 12.1. The van der Waals surface area contributed by atoms with Gasteiger partial charge >= 0.3 is 5.97 Å². The molecule has 1 amide bonds. The summed E-state index contributed by atoms with van der Waals surface area (Å²) < 4.78 is 6.42. The van der Waals surface area contributed by atoms with E-state index in [1.165, 1.54) is 11.0 Å². The van der Waals surface area contributed by atoms with Crippen molar-refractivity contribution in [2.45, 2.75) is 0 Å². The lowest BCUT2D eigenvalue weighted by molar-refractivity contribution is -0.119. The molecule has 3 rings (SSSR count). The number of aromatic nitrogens is 4. The Morgan fingerprint density at radius 1 is 1.16 bits per heavy atom. The molecular formula is C16H12ClN5O3. The van der Waals surface area contributed by atoms with E-state index in [1.807, 2.05) is 0 Å². The Kier molecular flexibility index (Phi) is 5.00. The molecule has 0 unspecified atom stereocenters. The number of hydrogen-bond donors (Lipinski definition) is 1. The van der Waals surface area contributed by atoms with Gasteiger partial charge in [-0.1, -0.05) is 29.8 Å². The van der Waals surface area contributed by atoms with Crippen molar-refractivity contribution in [2.75, 3.05) is 11.9 Å². The average Bonchev–Trinajstić information content (AvgIpc) is 3.16. The second-order valence-corrected chi connectivity index (χ2v) is 5.32. The van der Waals surface area contributed by atoms with Crippen LogP contribution in [0.1, 0.15) is 10.4 Å². The van der Waals surface area contributed by atoms with Gasteiger partial charge in [-0.15, -0.1) is 5.10 Å². The van der Waals surface area contributed by atoms with Gasteiger partial charge in [0.2, 0.25) is 0 Å². The first-order valence-electron chi connectivity index (χ1n) is 7.18. The number of nitrogens with zero attached hydrogens (tertiary/aromatic N) is 4. The summed E-state index contributed by atoms with van der Waals surface area (Å²) in [4.78, 5) is 24.0. The Hall–Kier alpha value is -3.26. The lowest BCUT2D eigenvalue weighted by Crippen LogP contribution is -2.21. The van der Waals surface area contributed by atoms with Gasteiger partial charge in [0.25, 0.3) is 5.91 Å². The number of hydrogen-bond acceptors (Lipinski definition) is 6. The van der Waals surface area contributed by atoms with Gasteiger partial charge in [0.05, 0.1) is 22.0 Å². The second-order valence-electron chi connectivity index (χ2n) is 4.91. The number of halogens is 1. The minimum Gasteiger partial charge on any atom is -0.452 e. The minimum absolute atomic E-state index is 0.276. The molecule has 0 atom stereocenters. The third-order valence-corrected chi connectivity index (χ3v) is 3.51. The van der Waals surface area contributed by atoms with E-state index in [-0.39, 0.29) is 5.56 Å². The highest BCUT2D eigenvalue weighted by atomic mass is 35.5. The predicted octanol–water partition coefficient (Wildman–Crippen LogP) is 2.11. The van der Waals surface area contributed by atoms with Crippen molar-refractivity contribution in [3.8, 4) is 5.69 Å². The third kappa shape index (κ3) is 4.18. The van der Waals surface area contributed by atoms with Crippen LogP contribution in [-0.2, 0) is 9.53 Å². The van der Waals surface area contributed by atoms with Crippen LogP contribution in [0.25, 0.3) is 5.69 Å². The average molecular weight is 358 g/mol. The Bertz CT molecular complexity index is 898. The zero-order valence-corrected chi connectivity index (χ0v) is 13.6. The molecule has 25 heavy (non-hydrogen) atoms. The molecule has 1 N–H and O–H groups in total. The topological polar surface area (TPSA) is 99.0 Å². The summed E-state index contributed by atoms with van der Waals surface area (Å²) in [5, 5.41) is 13.8. The van der Waals surface area contributed by atoms with Crippen LogP contribution >= 0.6 is 11.6 Å². The van der Waals surface area contributed by atoms with Crippen LogP contribution < -0.4 is 5.32 Å². The highest BCUT2D eigenvalue weighted by Gasteiger charge is 2.12. The summed E-state index contributed by atoms with van der Waals surface area (Å²) in [5.74, 6) is -1.12. The lowest BCUT2D eigenvalue weighted by atomic mass is 10.2. The van der Waals surface area contributed by atoms with Gasteiger partial charge in [-0.3, -0.25) is 4.79 Å². The first kappa shape index (κ1) is 16.6. The quantitative estimate of drug-likeness (QED) is 0.702. The predicted molar refractivity (Wildman–Crippen MR) is 89.5 cm³/mol. The summed E-state index contributed by atoms with van der Waals surface area (Å²) >= 11 is 5.95. The summed E-state index contributed by atoms with van der Waals surface area (Å²) in [6, 6.07) is 13.3. The van der Waals surface area contributed by atoms with Crippen molar-refractivity contribution in [1.82, 2.24) is 20.2 Å². The summed E-state index contributed by atoms with van der Waals surface area (Å²) in [5.41, 5.74) is 1.32. The van der Waals surface area contributed by atoms with E-state index in [0.717, 1.165) is 0 Å². The maximum absolute atomic E-state index is 12.1. The molecule has 8 nitrogen and oxygen atoms in total. The highest BCUT2D eigenvalue weighted by molar-refractivity contribution is 6.33. The number of esters is 1. The van der Waals surface area contributed by atoms with Crippen molar-refractivity contribution in [3.05, 3.63) is 65.4 Å². The SMILES string of the molecule is O=C(COC(=O)c1cccc(-n2cnnn2)c1)Nc1ccccc1Cl. The highest BCUT2D eigenvalue weighted by Crippen LogP contribution is 2.20. The first-order valence-corrected chi connectivity index (χ1v) is 7.56. The molecule has 0 saturated carbocycles. The van der Waals surface area contributed by atoms with E-state index in [1.54, 1.807) is 48.5 Å². The number of benzene rings is 2. The summed E-state index contributed by atoms with van der Waals surface area (Å²) in [6.07, 6.45) is 1.40. The van der Waals surface area contributed by atoms with Crippen LogP contribution in [0.4, 0.5) is 5.69 Å². The molecule has 3 aromatic rings. The Labute approximate surface area is 147 Å². The van der Waals surface area contributed by atoms with Crippen LogP contribution in [0.5, 0.6) is 0 Å². The number of ether oxygens (including phenoxy) is 1. The van der Waals surface area contributed by atoms with E-state index in [0.29, 0.717) is 16.4 Å². The standard InChI is InChI=1S/C16H12ClN5O3/c17-13-6-1-2-7-14(13)19-15(23)9-25-16(24)11-4-3-5-12(8-11)22-10-18-20-21-22/h1-8,10H,9H2,(H,19,23). The maximum atomic E-state index is 12.1. The lowest BCUT2D eigenvalue weighted by Gasteiger charge is -2.08. The number of anilines is 1. The number of amides is 1. The molecule has 0 bridgehead atoms. The van der Waals surface area contributed by atoms with Crippen LogP contribution in [0.3, 0.4) is 0 Å². The summed E-state index contributed by atoms with van der Waals surface area (Å²) in [6.45, 7) is -0.431. The monoisotopic (exact) mass is 357 g/mol. The van der Waals surface area contributed by atoms with Gasteiger partial charge in [0.15, 0.2) is 6.61 Å². The molecule has 9 heteroatoms. The molecule has 0 aliphatic carbocycles. The van der Waals surface area contributed by atoms with E-state index < -0.39 is 18.5 Å². The maximum Gasteiger partial charge on any atom is 0.338 e. The molecule has 0 aliphatic rings. The van der Waals surface area contributed by atoms with Crippen LogP contribution in [0.15, 0.2) is 54.9 Å². The molecule has 2 aromatic carbocycles. The molecule has 1 aromatic heterocycles. The molecule has 0 aliphatic heterocycles. The molecule has 1 heterocycles. The third-order valence-electron chi connectivity index (χ3n) is 3.18. The normalized spacial score (nSPS) is 10.3. The molecule has 0 fully saturated rings. The Morgan fingerprint density at radius 2 is 2.00 bits per heavy atom. The van der Waals surface area contributed by atoms with E-state index in [9.17, 15) is 9.59 Å². The molecule has 0 radical (unpaired) electrons. The number of tetrazole rings is 1. The number of para-hydroxylation sites is 1. The second kappa shape index (κ2) is 7.54. The molecule has 0 saturated heterocycles. The summed E-state index contributed by atoms with van der Waals surface area (Å²) in [7, 11) is 0. The Balaban J connectivity index is 1.60.